The van der Waals surface area contributed by atoms with Crippen LogP contribution < -0.4 is 15.1 Å². The first kappa shape index (κ1) is 28.2. The van der Waals surface area contributed by atoms with Gasteiger partial charge >= 0.3 is 12.3 Å². The number of amides is 2. The molecule has 0 aliphatic carbocycles. The van der Waals surface area contributed by atoms with Crippen LogP contribution in [0.5, 0.6) is 0 Å². The molecule has 0 spiro atoms. The molecular weight excluding hydrogens is 548 g/mol. The molecule has 1 N–H and O–H groups in total. The number of alkyl halides is 3. The van der Waals surface area contributed by atoms with E-state index in [2.05, 4.69) is 15.1 Å². The molecule has 3 heterocycles. The molecule has 0 radical (unpaired) electrons. The van der Waals surface area contributed by atoms with E-state index in [1.54, 1.807) is 12.1 Å². The minimum absolute atomic E-state index is 0.207. The summed E-state index contributed by atoms with van der Waals surface area (Å²) in [5.74, 6) is -0.430. The van der Waals surface area contributed by atoms with Gasteiger partial charge in [0.2, 0.25) is 5.91 Å². The molecule has 1 fully saturated rings. The first-order valence-electron chi connectivity index (χ1n) is 13.2. The second-order valence-corrected chi connectivity index (χ2v) is 10.9. The monoisotopic (exact) mass is 578 g/mol. The number of hydrogen-bond donors (Lipinski definition) is 1. The van der Waals surface area contributed by atoms with Gasteiger partial charge in [-0.05, 0) is 53.6 Å². The van der Waals surface area contributed by atoms with Crippen molar-refractivity contribution in [1.82, 2.24) is 10.2 Å². The fourth-order valence-corrected chi connectivity index (χ4v) is 5.97. The fraction of sp³-hybridized carbons (Fsp3) is 0.429. The summed E-state index contributed by atoms with van der Waals surface area (Å²) in [5.41, 5.74) is 3.58. The van der Waals surface area contributed by atoms with E-state index in [-0.39, 0.29) is 24.9 Å². The average molecular weight is 579 g/mol. The molecule has 1 saturated heterocycles. The van der Waals surface area contributed by atoms with Crippen molar-refractivity contribution >= 4 is 44.8 Å². The number of benzene rings is 2. The second-order valence-electron chi connectivity index (χ2n) is 9.97. The van der Waals surface area contributed by atoms with E-state index in [4.69, 9.17) is 4.74 Å². The zero-order valence-electron chi connectivity index (χ0n) is 21.8. The summed E-state index contributed by atoms with van der Waals surface area (Å²) in [5, 5.41) is 5.13. The van der Waals surface area contributed by atoms with Gasteiger partial charge in [-0.25, -0.2) is 9.18 Å². The number of nitrogens with one attached hydrogen (secondary N) is 1. The Hall–Kier alpha value is -3.38. The van der Waals surface area contributed by atoms with Gasteiger partial charge in [-0.15, -0.1) is 11.3 Å². The molecule has 2 aliphatic rings. The van der Waals surface area contributed by atoms with Crippen molar-refractivity contribution in [2.24, 2.45) is 0 Å². The number of ether oxygens (including phenoxy) is 1. The molecule has 214 valence electrons. The van der Waals surface area contributed by atoms with E-state index in [1.165, 1.54) is 16.2 Å². The normalized spacial score (nSPS) is 16.4. The molecule has 0 saturated carbocycles. The number of carbonyl (C=O) groups is 2. The van der Waals surface area contributed by atoms with Crippen molar-refractivity contribution in [1.29, 1.82) is 0 Å². The third-order valence-electron chi connectivity index (χ3n) is 7.30. The van der Waals surface area contributed by atoms with Crippen LogP contribution in [0.25, 0.3) is 10.1 Å². The minimum atomic E-state index is -4.38. The van der Waals surface area contributed by atoms with Crippen LogP contribution in [0, 0.1) is 5.82 Å². The maximum absolute atomic E-state index is 14.1. The van der Waals surface area contributed by atoms with Gasteiger partial charge in [0.05, 0.1) is 12.1 Å². The minimum Gasteiger partial charge on any atom is -0.428 e. The van der Waals surface area contributed by atoms with Gasteiger partial charge in [0.15, 0.2) is 6.73 Å². The molecule has 0 unspecified atom stereocenters. The predicted octanol–water partition coefficient (Wildman–Crippen LogP) is 5.32. The number of halogens is 4. The fourth-order valence-electron chi connectivity index (χ4n) is 5.14. The van der Waals surface area contributed by atoms with Crippen molar-refractivity contribution < 1.29 is 31.9 Å². The maximum Gasteiger partial charge on any atom is 0.408 e. The van der Waals surface area contributed by atoms with Gasteiger partial charge in [0.1, 0.15) is 5.82 Å². The Kier molecular flexibility index (Phi) is 8.46. The molecule has 3 aromatic rings. The number of hydrogen-bond acceptors (Lipinski definition) is 6. The van der Waals surface area contributed by atoms with Crippen LogP contribution in [-0.2, 0) is 22.4 Å². The Labute approximate surface area is 233 Å². The molecule has 40 heavy (non-hydrogen) atoms. The van der Waals surface area contributed by atoms with E-state index in [0.29, 0.717) is 12.1 Å². The van der Waals surface area contributed by atoms with Crippen LogP contribution in [0.15, 0.2) is 41.8 Å². The quantitative estimate of drug-likeness (QED) is 0.367. The van der Waals surface area contributed by atoms with Crippen molar-refractivity contribution in [3.8, 4) is 0 Å². The number of thiophene rings is 1. The van der Waals surface area contributed by atoms with Crippen LogP contribution in [-0.4, -0.2) is 69.1 Å². The van der Waals surface area contributed by atoms with Gasteiger partial charge in [-0.1, -0.05) is 12.1 Å². The summed E-state index contributed by atoms with van der Waals surface area (Å²) in [6.07, 6.45) is -4.95. The highest BCUT2D eigenvalue weighted by Crippen LogP contribution is 2.33. The summed E-state index contributed by atoms with van der Waals surface area (Å²) >= 11 is 1.54. The molecular formula is C28H30F4N4O3S. The van der Waals surface area contributed by atoms with Crippen molar-refractivity contribution in [3.05, 3.63) is 58.7 Å². The topological polar surface area (TPSA) is 65.1 Å². The molecule has 1 aromatic heterocycles. The predicted molar refractivity (Wildman–Crippen MR) is 146 cm³/mol. The summed E-state index contributed by atoms with van der Waals surface area (Å²) in [6.45, 7) is 3.13. The first-order chi connectivity index (χ1) is 19.2. The summed E-state index contributed by atoms with van der Waals surface area (Å²) in [6, 6.07) is 11.2. The van der Waals surface area contributed by atoms with E-state index in [9.17, 15) is 27.2 Å². The molecule has 2 amide bonds. The molecule has 0 atom stereocenters. The van der Waals surface area contributed by atoms with Crippen LogP contribution in [0.1, 0.15) is 24.0 Å². The van der Waals surface area contributed by atoms with Crippen LogP contribution in [0.2, 0.25) is 0 Å². The molecule has 7 nitrogen and oxygen atoms in total. The lowest BCUT2D eigenvalue weighted by atomic mass is 9.98. The number of nitrogens with zero attached hydrogens (tertiary/aromatic N) is 3. The Morgan fingerprint density at radius 3 is 2.60 bits per heavy atom. The lowest BCUT2D eigenvalue weighted by Crippen LogP contribution is -2.47. The van der Waals surface area contributed by atoms with Crippen LogP contribution >= 0.6 is 11.3 Å². The zero-order chi connectivity index (χ0) is 28.3. The van der Waals surface area contributed by atoms with E-state index in [0.717, 1.165) is 66.0 Å². The highest BCUT2D eigenvalue weighted by Gasteiger charge is 2.28. The summed E-state index contributed by atoms with van der Waals surface area (Å²) < 4.78 is 57.0. The van der Waals surface area contributed by atoms with Crippen molar-refractivity contribution in [2.75, 3.05) is 55.8 Å². The SMILES string of the molecule is O=C(NCCC(F)(F)F)OCN1C(=O)CCc2ccc(CCN3CCN(c4cc(F)cc5sccc45)CC3)cc21. The number of piperazine rings is 1. The number of rotatable bonds is 8. The zero-order valence-corrected chi connectivity index (χ0v) is 22.6. The maximum atomic E-state index is 14.1. The van der Waals surface area contributed by atoms with Crippen molar-refractivity contribution in [3.63, 3.8) is 0 Å². The van der Waals surface area contributed by atoms with E-state index in [1.807, 2.05) is 29.6 Å². The average Bonchev–Trinajstić information content (AvgIpc) is 3.39. The Morgan fingerprint density at radius 2 is 1.82 bits per heavy atom. The number of alkyl carbamates (subject to hydrolysis) is 1. The third kappa shape index (κ3) is 6.84. The Morgan fingerprint density at radius 1 is 1.02 bits per heavy atom. The summed E-state index contributed by atoms with van der Waals surface area (Å²) in [4.78, 5) is 30.4. The van der Waals surface area contributed by atoms with Crippen molar-refractivity contribution in [2.45, 2.75) is 31.9 Å². The Balaban J connectivity index is 1.15. The molecule has 0 bridgehead atoms. The number of fused-ring (bicyclic) bond motifs is 2. The van der Waals surface area contributed by atoms with Gasteiger partial charge < -0.3 is 15.0 Å². The molecule has 12 heteroatoms. The highest BCUT2D eigenvalue weighted by molar-refractivity contribution is 7.17. The van der Waals surface area contributed by atoms with Gasteiger partial charge in [0, 0.05) is 61.5 Å². The third-order valence-corrected chi connectivity index (χ3v) is 8.16. The van der Waals surface area contributed by atoms with E-state index >= 15 is 0 Å². The molecule has 5 rings (SSSR count). The smallest absolute Gasteiger partial charge is 0.408 e. The van der Waals surface area contributed by atoms with Gasteiger partial charge in [-0.2, -0.15) is 13.2 Å². The van der Waals surface area contributed by atoms with Crippen LogP contribution in [0.4, 0.5) is 33.7 Å². The number of aryl methyl sites for hydroxylation is 1. The molecule has 2 aliphatic heterocycles. The van der Waals surface area contributed by atoms with Gasteiger partial charge in [0.25, 0.3) is 0 Å². The highest BCUT2D eigenvalue weighted by atomic mass is 32.1. The number of anilines is 2. The first-order valence-corrected chi connectivity index (χ1v) is 14.1. The second kappa shape index (κ2) is 12.0. The van der Waals surface area contributed by atoms with Crippen LogP contribution in [0.3, 0.4) is 0 Å². The lowest BCUT2D eigenvalue weighted by molar-refractivity contribution is -0.133. The number of carbonyl (C=O) groups excluding carboxylic acids is 2. The molecule has 2 aromatic carbocycles. The lowest BCUT2D eigenvalue weighted by Gasteiger charge is -2.36. The Bertz CT molecular complexity index is 1370. The van der Waals surface area contributed by atoms with E-state index < -0.39 is 25.2 Å². The standard InChI is InChI=1S/C28H30F4N4O3S/c29-21-16-24(22-6-14-40-25(22)17-21)35-12-10-34(11-13-35)9-5-19-1-2-20-3-4-26(37)36(23(20)15-19)18-39-27(38)33-8-7-28(30,31)32/h1-2,6,14-17H,3-5,7-13,18H2,(H,33,38). The van der Waals surface area contributed by atoms with Gasteiger partial charge in [-0.3, -0.25) is 14.6 Å². The largest absolute Gasteiger partial charge is 0.428 e. The summed E-state index contributed by atoms with van der Waals surface area (Å²) in [7, 11) is 0.